The number of hydrogen-bond acceptors (Lipinski definition) is 4. The molecule has 1 amide bonds. The van der Waals surface area contributed by atoms with Crippen LogP contribution in [0.5, 0.6) is 0 Å². The summed E-state index contributed by atoms with van der Waals surface area (Å²) in [7, 11) is 1.45. The highest BCUT2D eigenvalue weighted by Crippen LogP contribution is 2.20. The molecule has 0 heterocycles. The highest BCUT2D eigenvalue weighted by Gasteiger charge is 2.16. The molecule has 0 aromatic heterocycles. The van der Waals surface area contributed by atoms with Gasteiger partial charge in [-0.2, -0.15) is 0 Å². The van der Waals surface area contributed by atoms with E-state index >= 15 is 0 Å². The molecule has 0 saturated carbocycles. The van der Waals surface area contributed by atoms with Crippen molar-refractivity contribution in [3.63, 3.8) is 0 Å². The Morgan fingerprint density at radius 3 is 2.58 bits per heavy atom. The second-order valence-corrected chi connectivity index (χ2v) is 4.32. The third-order valence-corrected chi connectivity index (χ3v) is 2.85. The average Bonchev–Trinajstić information content (AvgIpc) is 2.33. The van der Waals surface area contributed by atoms with E-state index in [1.54, 1.807) is 19.9 Å². The molecule has 1 aromatic carbocycles. The van der Waals surface area contributed by atoms with Gasteiger partial charge >= 0.3 is 5.97 Å². The maximum absolute atomic E-state index is 11.7. The van der Waals surface area contributed by atoms with Crippen LogP contribution >= 0.6 is 0 Å². The van der Waals surface area contributed by atoms with Crippen molar-refractivity contribution in [2.24, 2.45) is 5.73 Å². The van der Waals surface area contributed by atoms with Gasteiger partial charge in [-0.25, -0.2) is 4.79 Å². The Labute approximate surface area is 111 Å². The zero-order valence-electron chi connectivity index (χ0n) is 11.2. The van der Waals surface area contributed by atoms with Crippen molar-refractivity contribution in [2.75, 3.05) is 19.0 Å². The van der Waals surface area contributed by atoms with Gasteiger partial charge < -0.3 is 20.9 Å². The predicted molar refractivity (Wildman–Crippen MR) is 71.4 cm³/mol. The molecular formula is C13H18N2O4. The second-order valence-electron chi connectivity index (χ2n) is 4.32. The van der Waals surface area contributed by atoms with Crippen LogP contribution in [-0.4, -0.2) is 36.7 Å². The lowest BCUT2D eigenvalue weighted by atomic mass is 10.0. The van der Waals surface area contributed by atoms with E-state index in [2.05, 4.69) is 5.32 Å². The number of nitrogens with two attached hydrogens (primary N) is 1. The summed E-state index contributed by atoms with van der Waals surface area (Å²) in [6, 6.07) is 2.33. The molecule has 19 heavy (non-hydrogen) atoms. The molecule has 6 nitrogen and oxygen atoms in total. The number of carboxylic acids is 1. The van der Waals surface area contributed by atoms with Gasteiger partial charge in [0.05, 0.1) is 12.2 Å². The summed E-state index contributed by atoms with van der Waals surface area (Å²) in [5, 5.41) is 11.7. The number of anilines is 1. The van der Waals surface area contributed by atoms with Gasteiger partial charge in [-0.15, -0.1) is 0 Å². The molecule has 0 aliphatic heterocycles. The Hall–Kier alpha value is -1.92. The summed E-state index contributed by atoms with van der Waals surface area (Å²) in [6.45, 7) is 3.61. The number of benzene rings is 1. The first-order valence-corrected chi connectivity index (χ1v) is 5.76. The van der Waals surface area contributed by atoms with Crippen LogP contribution in [0.2, 0.25) is 0 Å². The number of carbonyl (C=O) groups excluding carboxylic acids is 1. The largest absolute Gasteiger partial charge is 0.478 e. The summed E-state index contributed by atoms with van der Waals surface area (Å²) < 4.78 is 4.79. The van der Waals surface area contributed by atoms with Crippen molar-refractivity contribution in [2.45, 2.75) is 19.9 Å². The van der Waals surface area contributed by atoms with Gasteiger partial charge in [-0.3, -0.25) is 4.79 Å². The van der Waals surface area contributed by atoms with Gasteiger partial charge in [-0.1, -0.05) is 0 Å². The number of carboxylic acid groups (broad SMARTS) is 1. The third-order valence-electron chi connectivity index (χ3n) is 2.85. The number of nitrogens with one attached hydrogen (secondary N) is 1. The molecule has 0 spiro atoms. The Kier molecular flexibility index (Phi) is 5.02. The second kappa shape index (κ2) is 6.31. The highest BCUT2D eigenvalue weighted by molar-refractivity contribution is 5.97. The minimum Gasteiger partial charge on any atom is -0.478 e. The molecule has 0 radical (unpaired) electrons. The van der Waals surface area contributed by atoms with Crippen LogP contribution in [0.3, 0.4) is 0 Å². The average molecular weight is 266 g/mol. The van der Waals surface area contributed by atoms with Crippen LogP contribution < -0.4 is 11.1 Å². The standard InChI is InChI=1S/C13H18N2O4/c1-7-4-9(5-10(8(7)2)13(17)18)15-12(16)11(14)6-19-3/h4-5,11H,6,14H2,1-3H3,(H,15,16)(H,17,18). The van der Waals surface area contributed by atoms with Crippen molar-refractivity contribution in [3.05, 3.63) is 28.8 Å². The number of amides is 1. The first-order valence-electron chi connectivity index (χ1n) is 5.76. The van der Waals surface area contributed by atoms with Gasteiger partial charge in [0.15, 0.2) is 0 Å². The van der Waals surface area contributed by atoms with Gasteiger partial charge in [0.1, 0.15) is 6.04 Å². The van der Waals surface area contributed by atoms with Gasteiger partial charge in [0.2, 0.25) is 5.91 Å². The van der Waals surface area contributed by atoms with E-state index < -0.39 is 17.9 Å². The fraction of sp³-hybridized carbons (Fsp3) is 0.385. The normalized spacial score (nSPS) is 12.0. The molecule has 1 rings (SSSR count). The van der Waals surface area contributed by atoms with Crippen molar-refractivity contribution in [3.8, 4) is 0 Å². The number of methoxy groups -OCH3 is 1. The molecule has 0 saturated heterocycles. The van der Waals surface area contributed by atoms with Crippen LogP contribution in [-0.2, 0) is 9.53 Å². The quantitative estimate of drug-likeness (QED) is 0.735. The smallest absolute Gasteiger partial charge is 0.336 e. The van der Waals surface area contributed by atoms with Crippen molar-refractivity contribution in [1.82, 2.24) is 0 Å². The molecule has 104 valence electrons. The monoisotopic (exact) mass is 266 g/mol. The van der Waals surface area contributed by atoms with E-state index in [1.165, 1.54) is 13.2 Å². The van der Waals surface area contributed by atoms with E-state index in [0.29, 0.717) is 11.3 Å². The maximum atomic E-state index is 11.7. The summed E-state index contributed by atoms with van der Waals surface area (Å²) >= 11 is 0. The predicted octanol–water partition coefficient (Wildman–Crippen LogP) is 0.914. The molecule has 1 unspecified atom stereocenters. The van der Waals surface area contributed by atoms with Crippen molar-refractivity contribution >= 4 is 17.6 Å². The Morgan fingerprint density at radius 1 is 1.42 bits per heavy atom. The van der Waals surface area contributed by atoms with Gasteiger partial charge in [-0.05, 0) is 37.1 Å². The molecule has 1 atom stereocenters. The summed E-state index contributed by atoms with van der Waals surface area (Å²) in [5.74, 6) is -1.45. The lowest BCUT2D eigenvalue weighted by Gasteiger charge is -2.13. The first-order chi connectivity index (χ1) is 8.86. The van der Waals surface area contributed by atoms with Gasteiger partial charge in [0.25, 0.3) is 0 Å². The highest BCUT2D eigenvalue weighted by atomic mass is 16.5. The number of rotatable bonds is 5. The molecular weight excluding hydrogens is 248 g/mol. The third kappa shape index (κ3) is 3.77. The minimum atomic E-state index is -1.03. The zero-order valence-corrected chi connectivity index (χ0v) is 11.2. The first kappa shape index (κ1) is 15.1. The number of carbonyl (C=O) groups is 2. The fourth-order valence-electron chi connectivity index (χ4n) is 1.64. The molecule has 0 bridgehead atoms. The number of hydrogen-bond donors (Lipinski definition) is 3. The molecule has 0 aliphatic rings. The lowest BCUT2D eigenvalue weighted by molar-refractivity contribution is -0.118. The van der Waals surface area contributed by atoms with E-state index in [-0.39, 0.29) is 12.2 Å². The van der Waals surface area contributed by atoms with Crippen molar-refractivity contribution in [1.29, 1.82) is 0 Å². The SMILES string of the molecule is COCC(N)C(=O)Nc1cc(C)c(C)c(C(=O)O)c1. The minimum absolute atomic E-state index is 0.0997. The number of aryl methyl sites for hydroxylation is 1. The van der Waals surface area contributed by atoms with E-state index in [4.69, 9.17) is 15.6 Å². The zero-order chi connectivity index (χ0) is 14.6. The molecule has 6 heteroatoms. The fourth-order valence-corrected chi connectivity index (χ4v) is 1.64. The summed E-state index contributed by atoms with van der Waals surface area (Å²) in [6.07, 6.45) is 0. The summed E-state index contributed by atoms with van der Waals surface area (Å²) in [5.41, 5.74) is 7.62. The van der Waals surface area contributed by atoms with E-state index in [9.17, 15) is 9.59 Å². The molecule has 0 fully saturated rings. The molecule has 1 aromatic rings. The van der Waals surface area contributed by atoms with Crippen LogP contribution in [0.1, 0.15) is 21.5 Å². The Morgan fingerprint density at radius 2 is 2.05 bits per heavy atom. The van der Waals surface area contributed by atoms with Gasteiger partial charge in [0, 0.05) is 12.8 Å². The van der Waals surface area contributed by atoms with Crippen LogP contribution in [0.25, 0.3) is 0 Å². The van der Waals surface area contributed by atoms with E-state index in [0.717, 1.165) is 5.56 Å². The number of ether oxygens (including phenoxy) is 1. The number of aromatic carboxylic acids is 1. The lowest BCUT2D eigenvalue weighted by Crippen LogP contribution is -2.39. The topological polar surface area (TPSA) is 102 Å². The summed E-state index contributed by atoms with van der Waals surface area (Å²) in [4.78, 5) is 22.8. The maximum Gasteiger partial charge on any atom is 0.336 e. The molecule has 4 N–H and O–H groups in total. The Bertz CT molecular complexity index is 500. The Balaban J connectivity index is 2.97. The van der Waals surface area contributed by atoms with Crippen LogP contribution in [0.15, 0.2) is 12.1 Å². The molecule has 0 aliphatic carbocycles. The van der Waals surface area contributed by atoms with E-state index in [1.807, 2.05) is 0 Å². The van der Waals surface area contributed by atoms with Crippen molar-refractivity contribution < 1.29 is 19.4 Å². The van der Waals surface area contributed by atoms with Crippen LogP contribution in [0, 0.1) is 13.8 Å². The van der Waals surface area contributed by atoms with Crippen LogP contribution in [0.4, 0.5) is 5.69 Å².